The van der Waals surface area contributed by atoms with Crippen LogP contribution in [0.15, 0.2) is 22.2 Å². The Morgan fingerprint density at radius 3 is 3.00 bits per heavy atom. The second-order valence-corrected chi connectivity index (χ2v) is 6.05. The first-order valence-corrected chi connectivity index (χ1v) is 8.28. The molecule has 0 bridgehead atoms. The number of halogens is 3. The van der Waals surface area contributed by atoms with Crippen molar-refractivity contribution in [3.63, 3.8) is 0 Å². The van der Waals surface area contributed by atoms with Crippen molar-refractivity contribution in [2.45, 2.75) is 32.0 Å². The Morgan fingerprint density at radius 2 is 2.23 bits per heavy atom. The summed E-state index contributed by atoms with van der Waals surface area (Å²) in [6, 6.07) is 0.934. The van der Waals surface area contributed by atoms with E-state index < -0.39 is 24.7 Å². The van der Waals surface area contributed by atoms with Crippen LogP contribution in [-0.4, -0.2) is 54.4 Å². The number of amidine groups is 2. The van der Waals surface area contributed by atoms with E-state index >= 15 is 0 Å². The van der Waals surface area contributed by atoms with Gasteiger partial charge in [-0.05, 0) is 19.4 Å². The van der Waals surface area contributed by atoms with Crippen LogP contribution in [0.2, 0.25) is 0 Å². The molecule has 3 N–H and O–H groups in total. The molecule has 0 aliphatic carbocycles. The highest BCUT2D eigenvalue weighted by Gasteiger charge is 2.29. The minimum absolute atomic E-state index is 0.489. The van der Waals surface area contributed by atoms with E-state index in [0.29, 0.717) is 24.6 Å². The highest BCUT2D eigenvalue weighted by atomic mass is 19.4. The molecule has 0 saturated carbocycles. The molecule has 0 fully saturated rings. The molecule has 0 spiro atoms. The first-order chi connectivity index (χ1) is 12.3. The van der Waals surface area contributed by atoms with E-state index in [4.69, 9.17) is 0 Å². The van der Waals surface area contributed by atoms with Gasteiger partial charge in [-0.2, -0.15) is 13.2 Å². The van der Waals surface area contributed by atoms with Crippen molar-refractivity contribution in [2.75, 3.05) is 25.0 Å². The molecule has 0 radical (unpaired) electrons. The molecule has 2 aliphatic heterocycles. The summed E-state index contributed by atoms with van der Waals surface area (Å²) < 4.78 is 36.6. The van der Waals surface area contributed by atoms with Crippen LogP contribution in [0.25, 0.3) is 0 Å². The quantitative estimate of drug-likeness (QED) is 0.746. The molecule has 0 unspecified atom stereocenters. The van der Waals surface area contributed by atoms with Gasteiger partial charge in [-0.1, -0.05) is 0 Å². The van der Waals surface area contributed by atoms with E-state index in [0.717, 1.165) is 29.9 Å². The fourth-order valence-electron chi connectivity index (χ4n) is 2.81. The number of anilines is 1. The minimum Gasteiger partial charge on any atom is -0.369 e. The van der Waals surface area contributed by atoms with Crippen molar-refractivity contribution < 1.29 is 18.0 Å². The van der Waals surface area contributed by atoms with E-state index in [9.17, 15) is 18.0 Å². The minimum atomic E-state index is -4.44. The number of nitrogens with one attached hydrogen (secondary N) is 3. The zero-order valence-electron chi connectivity index (χ0n) is 14.2. The van der Waals surface area contributed by atoms with Crippen LogP contribution in [0.3, 0.4) is 0 Å². The summed E-state index contributed by atoms with van der Waals surface area (Å²) in [6.45, 7) is 1.39. The Hall–Kier alpha value is -2.65. The van der Waals surface area contributed by atoms with Crippen molar-refractivity contribution in [1.29, 1.82) is 0 Å². The molecule has 3 heterocycles. The van der Waals surface area contributed by atoms with Gasteiger partial charge < -0.3 is 16.0 Å². The van der Waals surface area contributed by atoms with Gasteiger partial charge >= 0.3 is 6.18 Å². The summed E-state index contributed by atoms with van der Waals surface area (Å²) >= 11 is 0. The monoisotopic (exact) mass is 368 g/mol. The molecule has 1 atom stereocenters. The number of aliphatic imine (C=N–C) groups is 2. The number of carbonyl (C=O) groups excluding carboxylic acids is 1. The molecular weight excluding hydrogens is 349 g/mol. The highest BCUT2D eigenvalue weighted by molar-refractivity contribution is 6.12. The highest BCUT2D eigenvalue weighted by Crippen LogP contribution is 2.23. The first kappa shape index (κ1) is 18.2. The molecule has 1 amide bonds. The molecule has 0 aromatic carbocycles. The van der Waals surface area contributed by atoms with E-state index in [1.807, 2.05) is 11.4 Å². The van der Waals surface area contributed by atoms with Gasteiger partial charge in [0.1, 0.15) is 30.1 Å². The number of aromatic nitrogens is 1. The third kappa shape index (κ3) is 4.30. The number of rotatable bonds is 4. The van der Waals surface area contributed by atoms with E-state index in [1.54, 1.807) is 6.20 Å². The van der Waals surface area contributed by atoms with Gasteiger partial charge in [-0.3, -0.25) is 14.8 Å². The van der Waals surface area contributed by atoms with E-state index in [-0.39, 0.29) is 0 Å². The van der Waals surface area contributed by atoms with Crippen molar-refractivity contribution >= 4 is 23.4 Å². The molecule has 1 aromatic heterocycles. The average Bonchev–Trinajstić information content (AvgIpc) is 3.07. The molecule has 140 valence electrons. The largest absolute Gasteiger partial charge is 0.405 e. The third-order valence-electron chi connectivity index (χ3n) is 4.05. The number of alkyl halides is 3. The topological polar surface area (TPSA) is 90.8 Å². The lowest BCUT2D eigenvalue weighted by Gasteiger charge is -2.20. The van der Waals surface area contributed by atoms with Crippen molar-refractivity contribution in [3.05, 3.63) is 23.4 Å². The Morgan fingerprint density at radius 1 is 1.42 bits per heavy atom. The van der Waals surface area contributed by atoms with E-state index in [2.05, 4.69) is 25.6 Å². The molecule has 2 aliphatic rings. The number of amides is 1. The molecule has 26 heavy (non-hydrogen) atoms. The molecule has 7 nitrogen and oxygen atoms in total. The van der Waals surface area contributed by atoms with Crippen molar-refractivity contribution in [2.24, 2.45) is 9.98 Å². The van der Waals surface area contributed by atoms with Crippen LogP contribution in [0.1, 0.15) is 24.5 Å². The molecule has 1 aromatic rings. The van der Waals surface area contributed by atoms with Crippen molar-refractivity contribution in [1.82, 2.24) is 15.6 Å². The second-order valence-electron chi connectivity index (χ2n) is 6.05. The lowest BCUT2D eigenvalue weighted by atomic mass is 10.1. The van der Waals surface area contributed by atoms with E-state index in [1.165, 1.54) is 6.92 Å². The summed E-state index contributed by atoms with van der Waals surface area (Å²) in [6.07, 6.45) is -1.43. The zero-order valence-corrected chi connectivity index (χ0v) is 14.2. The van der Waals surface area contributed by atoms with Gasteiger partial charge in [0.15, 0.2) is 0 Å². The number of fused-ring (bicyclic) bond motifs is 1. The van der Waals surface area contributed by atoms with Crippen LogP contribution < -0.4 is 16.0 Å². The van der Waals surface area contributed by atoms with Crippen LogP contribution in [-0.2, 0) is 11.2 Å². The van der Waals surface area contributed by atoms with Crippen LogP contribution in [0.5, 0.6) is 0 Å². The Balaban J connectivity index is 1.68. The summed E-state index contributed by atoms with van der Waals surface area (Å²) in [7, 11) is 0. The second kappa shape index (κ2) is 7.30. The number of hydrogen-bond acceptors (Lipinski definition) is 5. The van der Waals surface area contributed by atoms with Crippen molar-refractivity contribution in [3.8, 4) is 0 Å². The predicted octanol–water partition coefficient (Wildman–Crippen LogP) is 1.25. The first-order valence-electron chi connectivity index (χ1n) is 8.28. The number of hydrogen-bond donors (Lipinski definition) is 3. The van der Waals surface area contributed by atoms with Gasteiger partial charge in [-0.25, -0.2) is 4.98 Å². The summed E-state index contributed by atoms with van der Waals surface area (Å²) in [5.41, 5.74) is 1.98. The average molecular weight is 368 g/mol. The van der Waals surface area contributed by atoms with Gasteiger partial charge in [0, 0.05) is 36.8 Å². The van der Waals surface area contributed by atoms with Gasteiger partial charge in [0.25, 0.3) is 0 Å². The smallest absolute Gasteiger partial charge is 0.369 e. The Bertz CT molecular complexity index is 759. The van der Waals surface area contributed by atoms with Gasteiger partial charge in [0.05, 0.1) is 0 Å². The SMILES string of the molecule is C[C@@H](N=C1CCN=C(c2ccnc3c2CCN3)N1)C(=O)NCC(F)(F)F. The molecular formula is C16H19F3N6O. The van der Waals surface area contributed by atoms with Gasteiger partial charge in [0.2, 0.25) is 5.91 Å². The maximum Gasteiger partial charge on any atom is 0.405 e. The van der Waals surface area contributed by atoms with Crippen LogP contribution in [0.4, 0.5) is 19.0 Å². The molecule has 3 rings (SSSR count). The van der Waals surface area contributed by atoms with Gasteiger partial charge in [-0.15, -0.1) is 0 Å². The Kier molecular flexibility index (Phi) is 5.10. The predicted molar refractivity (Wildman–Crippen MR) is 91.5 cm³/mol. The van der Waals surface area contributed by atoms with Crippen LogP contribution in [0, 0.1) is 0 Å². The summed E-state index contributed by atoms with van der Waals surface area (Å²) in [5, 5.41) is 8.14. The lowest BCUT2D eigenvalue weighted by molar-refractivity contribution is -0.138. The normalized spacial score (nSPS) is 19.2. The number of pyridine rings is 1. The zero-order chi connectivity index (χ0) is 18.7. The van der Waals surface area contributed by atoms with Crippen LogP contribution >= 0.6 is 0 Å². The fraction of sp³-hybridized carbons (Fsp3) is 0.500. The standard InChI is InChI=1S/C16H19F3N6O/c1-9(15(26)23-8-16(17,18)19)24-12-4-7-22-14(25-12)11-3-6-21-13-10(11)2-5-20-13/h3,6,9H,2,4-5,7-8H2,1H3,(H,20,21)(H,23,26)(H,22,24,25)/t9-/m1/s1. The maximum absolute atomic E-state index is 12.2. The summed E-state index contributed by atoms with van der Waals surface area (Å²) in [4.78, 5) is 24.7. The maximum atomic E-state index is 12.2. The number of nitrogens with zero attached hydrogens (tertiary/aromatic N) is 3. The molecule has 0 saturated heterocycles. The number of carbonyl (C=O) groups is 1. The molecule has 10 heteroatoms. The third-order valence-corrected chi connectivity index (χ3v) is 4.05. The summed E-state index contributed by atoms with van der Waals surface area (Å²) in [5.74, 6) is 1.23. The lowest BCUT2D eigenvalue weighted by Crippen LogP contribution is -2.41. The fourth-order valence-corrected chi connectivity index (χ4v) is 2.81. The Labute approximate surface area is 148 Å².